The number of rotatable bonds is 8. The molecule has 2 aromatic rings. The normalized spacial score (nSPS) is 18.1. The molecule has 0 bridgehead atoms. The Morgan fingerprint density at radius 2 is 1.90 bits per heavy atom. The molecule has 1 fully saturated rings. The number of aromatic nitrogens is 2. The van der Waals surface area contributed by atoms with E-state index in [1.54, 1.807) is 18.3 Å². The van der Waals surface area contributed by atoms with Crippen molar-refractivity contribution in [2.45, 2.75) is 38.3 Å². The number of hydrogen-bond donors (Lipinski definition) is 2. The van der Waals surface area contributed by atoms with Gasteiger partial charge in [0.25, 0.3) is 5.69 Å². The van der Waals surface area contributed by atoms with Crippen LogP contribution in [0.1, 0.15) is 31.2 Å². The highest BCUT2D eigenvalue weighted by atomic mass is 16.6. The van der Waals surface area contributed by atoms with Crippen molar-refractivity contribution in [1.82, 2.24) is 15.3 Å². The van der Waals surface area contributed by atoms with Crippen LogP contribution in [-0.2, 0) is 11.3 Å². The highest BCUT2D eigenvalue weighted by Crippen LogP contribution is 2.26. The van der Waals surface area contributed by atoms with Crippen LogP contribution in [0, 0.1) is 16.0 Å². The minimum absolute atomic E-state index is 0.00950. The topological polar surface area (TPSA) is 123 Å². The lowest BCUT2D eigenvalue weighted by atomic mass is 9.86. The Labute approximate surface area is 181 Å². The van der Waals surface area contributed by atoms with E-state index in [1.807, 2.05) is 25.1 Å². The Kier molecular flexibility index (Phi) is 7.58. The second-order valence-electron chi connectivity index (χ2n) is 7.88. The van der Waals surface area contributed by atoms with Crippen molar-refractivity contribution in [3.8, 4) is 0 Å². The minimum Gasteiger partial charge on any atom is -0.445 e. The first-order valence-electron chi connectivity index (χ1n) is 10.3. The summed E-state index contributed by atoms with van der Waals surface area (Å²) in [5, 5.41) is 16.9. The maximum absolute atomic E-state index is 12.0. The van der Waals surface area contributed by atoms with Crippen molar-refractivity contribution in [3.05, 3.63) is 52.2 Å². The number of nitro groups is 1. The number of benzene rings is 1. The van der Waals surface area contributed by atoms with Crippen molar-refractivity contribution < 1.29 is 14.5 Å². The number of hydrogen-bond acceptors (Lipinski definition) is 8. The molecule has 10 heteroatoms. The zero-order valence-electron chi connectivity index (χ0n) is 17.8. The molecule has 31 heavy (non-hydrogen) atoms. The van der Waals surface area contributed by atoms with Crippen LogP contribution in [-0.4, -0.2) is 47.7 Å². The predicted octanol–water partition coefficient (Wildman–Crippen LogP) is 3.35. The Hall–Kier alpha value is -3.43. The number of nitrogens with zero attached hydrogens (tertiary/aromatic N) is 4. The van der Waals surface area contributed by atoms with Crippen molar-refractivity contribution >= 4 is 23.5 Å². The summed E-state index contributed by atoms with van der Waals surface area (Å²) in [7, 11) is 3.89. The summed E-state index contributed by atoms with van der Waals surface area (Å²) < 4.78 is 5.20. The molecule has 3 rings (SSSR count). The standard InChI is InChI=1S/C21H28N6O4/c1-26(2)19-11-12-22-20(25-19)24-17-7-3-15(4-8-17)13-23-21(28)31-14-16-5-9-18(10-6-16)27(29)30/h5-6,9-12,15,17H,3-4,7-8,13-14H2,1-2H3,(H,23,28)(H,22,24,25). The van der Waals surface area contributed by atoms with E-state index < -0.39 is 11.0 Å². The average molecular weight is 428 g/mol. The van der Waals surface area contributed by atoms with Crippen LogP contribution in [0.4, 0.5) is 22.2 Å². The van der Waals surface area contributed by atoms with Gasteiger partial charge in [0.2, 0.25) is 5.95 Å². The van der Waals surface area contributed by atoms with E-state index in [9.17, 15) is 14.9 Å². The van der Waals surface area contributed by atoms with Gasteiger partial charge in [-0.15, -0.1) is 0 Å². The molecule has 0 aliphatic heterocycles. The largest absolute Gasteiger partial charge is 0.445 e. The fraction of sp³-hybridized carbons (Fsp3) is 0.476. The smallest absolute Gasteiger partial charge is 0.407 e. The molecule has 1 aromatic carbocycles. The van der Waals surface area contributed by atoms with Gasteiger partial charge >= 0.3 is 6.09 Å². The van der Waals surface area contributed by atoms with Crippen molar-refractivity contribution in [2.24, 2.45) is 5.92 Å². The second-order valence-corrected chi connectivity index (χ2v) is 7.88. The quantitative estimate of drug-likeness (QED) is 0.485. The van der Waals surface area contributed by atoms with Crippen LogP contribution in [0.3, 0.4) is 0 Å². The van der Waals surface area contributed by atoms with Gasteiger partial charge < -0.3 is 20.3 Å². The Morgan fingerprint density at radius 3 is 2.55 bits per heavy atom. The highest BCUT2D eigenvalue weighted by Gasteiger charge is 2.22. The van der Waals surface area contributed by atoms with Gasteiger partial charge in [0.1, 0.15) is 12.4 Å². The molecule has 1 aliphatic carbocycles. The van der Waals surface area contributed by atoms with Gasteiger partial charge in [-0.25, -0.2) is 9.78 Å². The molecule has 2 N–H and O–H groups in total. The van der Waals surface area contributed by atoms with Crippen LogP contribution >= 0.6 is 0 Å². The van der Waals surface area contributed by atoms with Gasteiger partial charge in [-0.3, -0.25) is 10.1 Å². The first-order valence-corrected chi connectivity index (χ1v) is 10.3. The summed E-state index contributed by atoms with van der Waals surface area (Å²) in [5.41, 5.74) is 0.711. The Morgan fingerprint density at radius 1 is 1.19 bits per heavy atom. The fourth-order valence-corrected chi connectivity index (χ4v) is 3.50. The van der Waals surface area contributed by atoms with Crippen LogP contribution in [0.5, 0.6) is 0 Å². The summed E-state index contributed by atoms with van der Waals surface area (Å²) >= 11 is 0. The van der Waals surface area contributed by atoms with Crippen molar-refractivity contribution in [2.75, 3.05) is 30.9 Å². The number of carbonyl (C=O) groups excluding carboxylic acids is 1. The first kappa shape index (κ1) is 22.3. The summed E-state index contributed by atoms with van der Waals surface area (Å²) in [6, 6.07) is 8.14. The number of non-ortho nitro benzene ring substituents is 1. The summed E-state index contributed by atoms with van der Waals surface area (Å²) in [5.74, 6) is 1.91. The third kappa shape index (κ3) is 6.80. The van der Waals surface area contributed by atoms with E-state index in [-0.39, 0.29) is 12.3 Å². The number of amides is 1. The molecule has 0 saturated heterocycles. The zero-order chi connectivity index (χ0) is 22.2. The van der Waals surface area contributed by atoms with E-state index in [0.29, 0.717) is 30.0 Å². The van der Waals surface area contributed by atoms with E-state index in [2.05, 4.69) is 20.6 Å². The highest BCUT2D eigenvalue weighted by molar-refractivity contribution is 5.67. The van der Waals surface area contributed by atoms with Gasteiger partial charge in [0, 0.05) is 45.0 Å². The van der Waals surface area contributed by atoms with E-state index in [4.69, 9.17) is 4.74 Å². The van der Waals surface area contributed by atoms with Crippen molar-refractivity contribution in [3.63, 3.8) is 0 Å². The number of nitrogens with one attached hydrogen (secondary N) is 2. The molecule has 0 atom stereocenters. The van der Waals surface area contributed by atoms with E-state index >= 15 is 0 Å². The zero-order valence-corrected chi connectivity index (χ0v) is 17.8. The minimum atomic E-state index is -0.479. The molecule has 1 aromatic heterocycles. The lowest BCUT2D eigenvalue weighted by Crippen LogP contribution is -2.34. The molecule has 1 heterocycles. The lowest BCUT2D eigenvalue weighted by Gasteiger charge is -2.29. The summed E-state index contributed by atoms with van der Waals surface area (Å²) in [4.78, 5) is 32.9. The van der Waals surface area contributed by atoms with Crippen LogP contribution in [0.2, 0.25) is 0 Å². The molecule has 0 unspecified atom stereocenters. The first-order chi connectivity index (χ1) is 14.9. The third-order valence-electron chi connectivity index (χ3n) is 5.33. The van der Waals surface area contributed by atoms with Gasteiger partial charge in [0.05, 0.1) is 4.92 Å². The number of anilines is 2. The third-order valence-corrected chi connectivity index (χ3v) is 5.33. The van der Waals surface area contributed by atoms with E-state index in [1.165, 1.54) is 12.1 Å². The maximum Gasteiger partial charge on any atom is 0.407 e. The second kappa shape index (κ2) is 10.6. The monoisotopic (exact) mass is 428 g/mol. The molecule has 10 nitrogen and oxygen atoms in total. The molecular weight excluding hydrogens is 400 g/mol. The molecule has 1 saturated carbocycles. The molecule has 1 aliphatic rings. The number of nitro benzene ring substituents is 1. The van der Waals surface area contributed by atoms with Gasteiger partial charge in [0.15, 0.2) is 0 Å². The SMILES string of the molecule is CN(C)c1ccnc(NC2CCC(CNC(=O)OCc3ccc([N+](=O)[O-])cc3)CC2)n1. The predicted molar refractivity (Wildman–Crippen MR) is 117 cm³/mol. The molecule has 0 radical (unpaired) electrons. The van der Waals surface area contributed by atoms with Gasteiger partial charge in [-0.1, -0.05) is 0 Å². The van der Waals surface area contributed by atoms with Crippen LogP contribution < -0.4 is 15.5 Å². The Bertz CT molecular complexity index is 882. The van der Waals surface area contributed by atoms with Gasteiger partial charge in [-0.05, 0) is 55.4 Å². The average Bonchev–Trinajstić information content (AvgIpc) is 2.77. The van der Waals surface area contributed by atoms with Crippen LogP contribution in [0.25, 0.3) is 0 Å². The van der Waals surface area contributed by atoms with Crippen molar-refractivity contribution in [1.29, 1.82) is 0 Å². The maximum atomic E-state index is 12.0. The Balaban J connectivity index is 1.34. The number of alkyl carbamates (subject to hydrolysis) is 1. The molecule has 166 valence electrons. The molecular formula is C21H28N6O4. The molecule has 0 spiro atoms. The van der Waals surface area contributed by atoms with Crippen LogP contribution in [0.15, 0.2) is 36.5 Å². The van der Waals surface area contributed by atoms with Gasteiger partial charge in [-0.2, -0.15) is 4.98 Å². The molecule has 1 amide bonds. The van der Waals surface area contributed by atoms with E-state index in [0.717, 1.165) is 31.5 Å². The number of ether oxygens (including phenoxy) is 1. The summed E-state index contributed by atoms with van der Waals surface area (Å²) in [6.07, 6.45) is 5.23. The lowest BCUT2D eigenvalue weighted by molar-refractivity contribution is -0.384. The number of carbonyl (C=O) groups is 1. The summed E-state index contributed by atoms with van der Waals surface area (Å²) in [6.45, 7) is 0.644. The fourth-order valence-electron chi connectivity index (χ4n) is 3.50.